The molecule has 98 valence electrons. The number of likely N-dealkylation sites (tertiary alicyclic amines) is 1. The fourth-order valence-corrected chi connectivity index (χ4v) is 2.68. The topological polar surface area (TPSA) is 40.5 Å². The molecule has 0 aromatic heterocycles. The minimum Gasteiger partial charge on any atom is -0.480 e. The van der Waals surface area contributed by atoms with Gasteiger partial charge in [0.15, 0.2) is 0 Å². The highest BCUT2D eigenvalue weighted by Gasteiger charge is 2.38. The van der Waals surface area contributed by atoms with E-state index in [1.165, 1.54) is 12.1 Å². The molecule has 0 spiro atoms. The zero-order valence-electron chi connectivity index (χ0n) is 10.1. The second-order valence-electron chi connectivity index (χ2n) is 4.44. The minimum atomic E-state index is -0.887. The van der Waals surface area contributed by atoms with Gasteiger partial charge in [-0.3, -0.25) is 9.69 Å². The van der Waals surface area contributed by atoms with Crippen molar-refractivity contribution in [1.29, 1.82) is 0 Å². The Hall–Kier alpha value is -1.49. The predicted molar refractivity (Wildman–Crippen MR) is 62.1 cm³/mol. The molecular formula is C13H15F2NO2. The lowest BCUT2D eigenvalue weighted by molar-refractivity contribution is -0.142. The van der Waals surface area contributed by atoms with Gasteiger partial charge in [-0.05, 0) is 25.5 Å². The molecule has 0 amide bonds. The van der Waals surface area contributed by atoms with Gasteiger partial charge < -0.3 is 5.11 Å². The van der Waals surface area contributed by atoms with E-state index in [9.17, 15) is 13.6 Å². The van der Waals surface area contributed by atoms with Crippen LogP contribution in [0.4, 0.5) is 8.78 Å². The Bertz CT molecular complexity index is 464. The number of carboxylic acids is 1. The van der Waals surface area contributed by atoms with Gasteiger partial charge in [0.25, 0.3) is 0 Å². The molecule has 1 saturated heterocycles. The molecule has 1 aromatic rings. The smallest absolute Gasteiger partial charge is 0.320 e. The summed E-state index contributed by atoms with van der Waals surface area (Å²) < 4.78 is 26.6. The maximum atomic E-state index is 13.7. The number of aliphatic carboxylic acids is 1. The molecule has 1 aliphatic heterocycles. The van der Waals surface area contributed by atoms with Gasteiger partial charge in [-0.25, -0.2) is 8.78 Å². The number of likely N-dealkylation sites (N-methyl/N-ethyl adjacent to an activating group) is 1. The molecule has 2 atom stereocenters. The Morgan fingerprint density at radius 3 is 2.72 bits per heavy atom. The van der Waals surface area contributed by atoms with Gasteiger partial charge in [-0.1, -0.05) is 13.0 Å². The zero-order chi connectivity index (χ0) is 13.3. The maximum Gasteiger partial charge on any atom is 0.320 e. The van der Waals surface area contributed by atoms with Crippen molar-refractivity contribution in [3.05, 3.63) is 35.4 Å². The zero-order valence-corrected chi connectivity index (χ0v) is 10.1. The fraction of sp³-hybridized carbons (Fsp3) is 0.462. The van der Waals surface area contributed by atoms with Gasteiger partial charge >= 0.3 is 5.97 Å². The van der Waals surface area contributed by atoms with Gasteiger partial charge in [0.2, 0.25) is 0 Å². The molecular weight excluding hydrogens is 240 g/mol. The molecule has 3 nitrogen and oxygen atoms in total. The molecule has 1 aliphatic rings. The van der Waals surface area contributed by atoms with Crippen molar-refractivity contribution in [2.75, 3.05) is 6.54 Å². The molecule has 18 heavy (non-hydrogen) atoms. The van der Waals surface area contributed by atoms with Crippen LogP contribution in [-0.4, -0.2) is 28.6 Å². The van der Waals surface area contributed by atoms with Gasteiger partial charge in [0.05, 0.1) is 0 Å². The first-order valence-corrected chi connectivity index (χ1v) is 5.98. The first-order chi connectivity index (χ1) is 8.54. The van der Waals surface area contributed by atoms with Crippen LogP contribution in [0.3, 0.4) is 0 Å². The van der Waals surface area contributed by atoms with Gasteiger partial charge in [-0.2, -0.15) is 0 Å². The quantitative estimate of drug-likeness (QED) is 0.902. The second kappa shape index (κ2) is 5.02. The molecule has 1 unspecified atom stereocenters. The van der Waals surface area contributed by atoms with Crippen molar-refractivity contribution in [1.82, 2.24) is 4.90 Å². The molecule has 5 heteroatoms. The monoisotopic (exact) mass is 255 g/mol. The molecule has 1 aromatic carbocycles. The summed E-state index contributed by atoms with van der Waals surface area (Å²) in [5, 5.41) is 9.10. The number of nitrogens with zero attached hydrogens (tertiary/aromatic N) is 1. The van der Waals surface area contributed by atoms with Crippen LogP contribution in [0.15, 0.2) is 18.2 Å². The number of hydrogen-bond donors (Lipinski definition) is 1. The van der Waals surface area contributed by atoms with E-state index in [4.69, 9.17) is 5.11 Å². The third kappa shape index (κ3) is 2.22. The van der Waals surface area contributed by atoms with Crippen LogP contribution in [0.1, 0.15) is 31.4 Å². The average molecular weight is 255 g/mol. The van der Waals surface area contributed by atoms with Crippen molar-refractivity contribution in [3.8, 4) is 0 Å². The lowest BCUT2D eigenvalue weighted by atomic mass is 10.0. The lowest BCUT2D eigenvalue weighted by Gasteiger charge is -2.27. The third-order valence-corrected chi connectivity index (χ3v) is 3.49. The number of halogens is 2. The number of benzene rings is 1. The van der Waals surface area contributed by atoms with Crippen LogP contribution in [0.5, 0.6) is 0 Å². The van der Waals surface area contributed by atoms with E-state index in [1.54, 1.807) is 4.90 Å². The van der Waals surface area contributed by atoms with E-state index in [1.807, 2.05) is 6.92 Å². The molecule has 1 fully saturated rings. The van der Waals surface area contributed by atoms with Crippen molar-refractivity contribution in [2.45, 2.75) is 31.8 Å². The Kier molecular flexibility index (Phi) is 3.61. The maximum absolute atomic E-state index is 13.7. The van der Waals surface area contributed by atoms with Crippen LogP contribution in [0, 0.1) is 11.6 Å². The van der Waals surface area contributed by atoms with E-state index in [-0.39, 0.29) is 6.04 Å². The fourth-order valence-electron chi connectivity index (χ4n) is 2.68. The molecule has 1 N–H and O–H groups in total. The molecule has 2 rings (SSSR count). The Morgan fingerprint density at radius 1 is 1.44 bits per heavy atom. The normalized spacial score (nSPS) is 24.4. The summed E-state index contributed by atoms with van der Waals surface area (Å²) in [6, 6.07) is 2.60. The van der Waals surface area contributed by atoms with Gasteiger partial charge in [0, 0.05) is 17.7 Å². The van der Waals surface area contributed by atoms with Crippen molar-refractivity contribution in [3.63, 3.8) is 0 Å². The number of carbonyl (C=O) groups is 1. The molecule has 0 saturated carbocycles. The number of rotatable bonds is 3. The highest BCUT2D eigenvalue weighted by atomic mass is 19.1. The van der Waals surface area contributed by atoms with Crippen molar-refractivity contribution >= 4 is 5.97 Å². The first-order valence-electron chi connectivity index (χ1n) is 5.98. The first kappa shape index (κ1) is 13.0. The van der Waals surface area contributed by atoms with Crippen LogP contribution < -0.4 is 0 Å². The van der Waals surface area contributed by atoms with E-state index < -0.39 is 23.6 Å². The SMILES string of the molecule is CCN1C(c2ccc(F)cc2F)CC[C@@H]1C(=O)O. The minimum absolute atomic E-state index is 0.281. The molecule has 0 radical (unpaired) electrons. The summed E-state index contributed by atoms with van der Waals surface area (Å²) in [5.74, 6) is -2.11. The summed E-state index contributed by atoms with van der Waals surface area (Å²) in [4.78, 5) is 12.8. The second-order valence-corrected chi connectivity index (χ2v) is 4.44. The van der Waals surface area contributed by atoms with Crippen molar-refractivity contribution in [2.24, 2.45) is 0 Å². The summed E-state index contributed by atoms with van der Waals surface area (Å²) in [6.07, 6.45) is 1.07. The standard InChI is InChI=1S/C13H15F2NO2/c1-2-16-11(5-6-12(16)13(17)18)9-4-3-8(14)7-10(9)15/h3-4,7,11-12H,2,5-6H2,1H3,(H,17,18)/t11?,12-/m1/s1. The lowest BCUT2D eigenvalue weighted by Crippen LogP contribution is -2.37. The van der Waals surface area contributed by atoms with E-state index in [0.29, 0.717) is 24.9 Å². The van der Waals surface area contributed by atoms with E-state index in [2.05, 4.69) is 0 Å². The van der Waals surface area contributed by atoms with E-state index >= 15 is 0 Å². The molecule has 0 bridgehead atoms. The number of carboxylic acid groups (broad SMARTS) is 1. The van der Waals surface area contributed by atoms with Crippen LogP contribution in [0.25, 0.3) is 0 Å². The van der Waals surface area contributed by atoms with Crippen LogP contribution >= 0.6 is 0 Å². The summed E-state index contributed by atoms with van der Waals surface area (Å²) in [6.45, 7) is 2.37. The van der Waals surface area contributed by atoms with E-state index in [0.717, 1.165) is 6.07 Å². The third-order valence-electron chi connectivity index (χ3n) is 3.49. The molecule has 1 heterocycles. The Morgan fingerprint density at radius 2 is 2.17 bits per heavy atom. The summed E-state index contributed by atoms with van der Waals surface area (Å²) in [5.41, 5.74) is 0.377. The van der Waals surface area contributed by atoms with Gasteiger partial charge in [0.1, 0.15) is 17.7 Å². The largest absolute Gasteiger partial charge is 0.480 e. The highest BCUT2D eigenvalue weighted by molar-refractivity contribution is 5.74. The Balaban J connectivity index is 2.30. The predicted octanol–water partition coefficient (Wildman–Crippen LogP) is 2.57. The average Bonchev–Trinajstić information content (AvgIpc) is 2.72. The van der Waals surface area contributed by atoms with Gasteiger partial charge in [-0.15, -0.1) is 0 Å². The van der Waals surface area contributed by atoms with Crippen LogP contribution in [0.2, 0.25) is 0 Å². The van der Waals surface area contributed by atoms with Crippen molar-refractivity contribution < 1.29 is 18.7 Å². The summed E-state index contributed by atoms with van der Waals surface area (Å²) >= 11 is 0. The summed E-state index contributed by atoms with van der Waals surface area (Å²) in [7, 11) is 0. The Labute approximate surface area is 104 Å². The van der Waals surface area contributed by atoms with Crippen LogP contribution in [-0.2, 0) is 4.79 Å². The highest BCUT2D eigenvalue weighted by Crippen LogP contribution is 2.37. The molecule has 0 aliphatic carbocycles. The number of hydrogen-bond acceptors (Lipinski definition) is 2.